The van der Waals surface area contributed by atoms with Gasteiger partial charge in [0.2, 0.25) is 0 Å². The minimum Gasteiger partial charge on any atom is -0.495 e. The van der Waals surface area contributed by atoms with Gasteiger partial charge in [0.1, 0.15) is 11.5 Å². The van der Waals surface area contributed by atoms with Crippen LogP contribution in [0.3, 0.4) is 0 Å². The molecule has 0 aliphatic heterocycles. The molecule has 0 aliphatic carbocycles. The lowest BCUT2D eigenvalue weighted by Gasteiger charge is -2.14. The van der Waals surface area contributed by atoms with Crippen LogP contribution < -0.4 is 15.2 Å². The number of hydrogen-bond donors (Lipinski definition) is 1. The minimum absolute atomic E-state index is 0.634. The van der Waals surface area contributed by atoms with Gasteiger partial charge in [0.05, 0.1) is 19.1 Å². The summed E-state index contributed by atoms with van der Waals surface area (Å²) in [6.45, 7) is 2.85. The maximum Gasteiger partial charge on any atom is 0.136 e. The molecule has 1 aromatic rings. The first kappa shape index (κ1) is 16.2. The molecule has 0 heterocycles. The van der Waals surface area contributed by atoms with Crippen molar-refractivity contribution >= 4 is 11.8 Å². The first-order chi connectivity index (χ1) is 9.26. The van der Waals surface area contributed by atoms with E-state index in [-0.39, 0.29) is 0 Å². The first-order valence-electron chi connectivity index (χ1n) is 6.84. The zero-order valence-electron chi connectivity index (χ0n) is 12.2. The zero-order valence-corrected chi connectivity index (χ0v) is 13.0. The van der Waals surface area contributed by atoms with Crippen molar-refractivity contribution in [3.8, 4) is 11.5 Å². The molecule has 0 amide bonds. The van der Waals surface area contributed by atoms with Crippen LogP contribution in [0.25, 0.3) is 0 Å². The molecule has 2 N–H and O–H groups in total. The molecule has 0 unspecified atom stereocenters. The van der Waals surface area contributed by atoms with Crippen LogP contribution in [0, 0.1) is 0 Å². The van der Waals surface area contributed by atoms with Crippen molar-refractivity contribution in [1.29, 1.82) is 0 Å². The van der Waals surface area contributed by atoms with Gasteiger partial charge in [-0.05, 0) is 42.8 Å². The second-order valence-electron chi connectivity index (χ2n) is 4.42. The fourth-order valence-corrected chi connectivity index (χ4v) is 3.04. The molecule has 0 fully saturated rings. The van der Waals surface area contributed by atoms with E-state index in [1.54, 1.807) is 14.2 Å². The van der Waals surface area contributed by atoms with Crippen LogP contribution in [-0.4, -0.2) is 26.5 Å². The Morgan fingerprint density at radius 3 is 2.21 bits per heavy atom. The van der Waals surface area contributed by atoms with E-state index in [0.717, 1.165) is 34.1 Å². The van der Waals surface area contributed by atoms with Gasteiger partial charge < -0.3 is 15.2 Å². The van der Waals surface area contributed by atoms with Crippen LogP contribution in [0.1, 0.15) is 31.7 Å². The number of nitrogens with two attached hydrogens (primary N) is 1. The normalized spacial score (nSPS) is 10.5. The predicted molar refractivity (Wildman–Crippen MR) is 82.6 cm³/mol. The standard InChI is InChI=1S/C15H25NO2S/c1-4-5-6-9-19-15-13(17-2)10-12(7-8-16)11-14(15)18-3/h10-11H,4-9,16H2,1-3H3. The van der Waals surface area contributed by atoms with E-state index in [1.165, 1.54) is 19.3 Å². The van der Waals surface area contributed by atoms with Gasteiger partial charge in [-0.3, -0.25) is 0 Å². The Balaban J connectivity index is 2.86. The van der Waals surface area contributed by atoms with Crippen LogP contribution in [0.4, 0.5) is 0 Å². The third-order valence-corrected chi connectivity index (χ3v) is 4.13. The second kappa shape index (κ2) is 9.10. The molecule has 0 aliphatic rings. The van der Waals surface area contributed by atoms with Crippen molar-refractivity contribution in [1.82, 2.24) is 0 Å². The van der Waals surface area contributed by atoms with Crippen molar-refractivity contribution < 1.29 is 9.47 Å². The number of thioether (sulfide) groups is 1. The summed E-state index contributed by atoms with van der Waals surface area (Å²) in [4.78, 5) is 1.10. The number of rotatable bonds is 9. The van der Waals surface area contributed by atoms with Gasteiger partial charge >= 0.3 is 0 Å². The average molecular weight is 283 g/mol. The molecular formula is C15H25NO2S. The predicted octanol–water partition coefficient (Wildman–Crippen LogP) is 3.49. The van der Waals surface area contributed by atoms with Crippen LogP contribution in [0.5, 0.6) is 11.5 Å². The topological polar surface area (TPSA) is 44.5 Å². The molecule has 0 atom stereocenters. The second-order valence-corrected chi connectivity index (χ2v) is 5.53. The summed E-state index contributed by atoms with van der Waals surface area (Å²) in [6, 6.07) is 4.13. The highest BCUT2D eigenvalue weighted by atomic mass is 32.2. The van der Waals surface area contributed by atoms with Crippen molar-refractivity contribution in [3.63, 3.8) is 0 Å². The zero-order chi connectivity index (χ0) is 14.1. The Bertz CT molecular complexity index is 357. The molecule has 3 nitrogen and oxygen atoms in total. The van der Waals surface area contributed by atoms with E-state index >= 15 is 0 Å². The van der Waals surface area contributed by atoms with E-state index in [1.807, 2.05) is 11.8 Å². The maximum absolute atomic E-state index is 5.61. The molecule has 0 aromatic heterocycles. The SMILES string of the molecule is CCCCCSc1c(OC)cc(CCN)cc1OC. The Morgan fingerprint density at radius 2 is 1.74 bits per heavy atom. The summed E-state index contributed by atoms with van der Waals surface area (Å²) in [6.07, 6.45) is 4.57. The molecule has 1 aromatic carbocycles. The summed E-state index contributed by atoms with van der Waals surface area (Å²) in [5, 5.41) is 0. The monoisotopic (exact) mass is 283 g/mol. The number of ether oxygens (including phenoxy) is 2. The summed E-state index contributed by atoms with van der Waals surface area (Å²) < 4.78 is 11.0. The van der Waals surface area contributed by atoms with E-state index in [4.69, 9.17) is 15.2 Å². The molecule has 0 radical (unpaired) electrons. The van der Waals surface area contributed by atoms with E-state index in [9.17, 15) is 0 Å². The van der Waals surface area contributed by atoms with Crippen LogP contribution in [0.2, 0.25) is 0 Å². The van der Waals surface area contributed by atoms with Gasteiger partial charge in [0.25, 0.3) is 0 Å². The maximum atomic E-state index is 5.61. The molecule has 0 spiro atoms. The number of benzene rings is 1. The third-order valence-electron chi connectivity index (χ3n) is 2.95. The molecule has 19 heavy (non-hydrogen) atoms. The van der Waals surface area contributed by atoms with Gasteiger partial charge in [-0.1, -0.05) is 19.8 Å². The molecule has 4 heteroatoms. The van der Waals surface area contributed by atoms with E-state index in [0.29, 0.717) is 6.54 Å². The van der Waals surface area contributed by atoms with Gasteiger partial charge in [0.15, 0.2) is 0 Å². The van der Waals surface area contributed by atoms with Gasteiger partial charge in [-0.2, -0.15) is 0 Å². The smallest absolute Gasteiger partial charge is 0.136 e. The highest BCUT2D eigenvalue weighted by molar-refractivity contribution is 7.99. The fourth-order valence-electron chi connectivity index (χ4n) is 1.91. The van der Waals surface area contributed by atoms with Gasteiger partial charge in [0, 0.05) is 0 Å². The molecule has 108 valence electrons. The summed E-state index contributed by atoms with van der Waals surface area (Å²) >= 11 is 1.81. The van der Waals surface area contributed by atoms with Gasteiger partial charge in [-0.25, -0.2) is 0 Å². The molecule has 0 saturated carbocycles. The lowest BCUT2D eigenvalue weighted by Crippen LogP contribution is -2.04. The van der Waals surface area contributed by atoms with Gasteiger partial charge in [-0.15, -0.1) is 11.8 Å². The van der Waals surface area contributed by atoms with Crippen LogP contribution in [0.15, 0.2) is 17.0 Å². The van der Waals surface area contributed by atoms with Crippen molar-refractivity contribution in [2.75, 3.05) is 26.5 Å². The van der Waals surface area contributed by atoms with Crippen molar-refractivity contribution in [3.05, 3.63) is 17.7 Å². The lowest BCUT2D eigenvalue weighted by molar-refractivity contribution is 0.375. The van der Waals surface area contributed by atoms with Crippen molar-refractivity contribution in [2.45, 2.75) is 37.5 Å². The average Bonchev–Trinajstić information content (AvgIpc) is 2.44. The molecule has 0 bridgehead atoms. The van der Waals surface area contributed by atoms with E-state index in [2.05, 4.69) is 19.1 Å². The Hall–Kier alpha value is -0.870. The van der Waals surface area contributed by atoms with Crippen molar-refractivity contribution in [2.24, 2.45) is 5.73 Å². The summed E-state index contributed by atoms with van der Waals surface area (Å²) in [7, 11) is 3.41. The number of hydrogen-bond acceptors (Lipinski definition) is 4. The Morgan fingerprint density at radius 1 is 1.11 bits per heavy atom. The highest BCUT2D eigenvalue weighted by Crippen LogP contribution is 2.39. The quantitative estimate of drug-likeness (QED) is 0.556. The molecule has 1 rings (SSSR count). The summed E-state index contributed by atoms with van der Waals surface area (Å²) in [5.74, 6) is 2.88. The number of unbranched alkanes of at least 4 members (excludes halogenated alkanes) is 2. The van der Waals surface area contributed by atoms with E-state index < -0.39 is 0 Å². The fraction of sp³-hybridized carbons (Fsp3) is 0.600. The molecular weight excluding hydrogens is 258 g/mol. The Kier molecular flexibility index (Phi) is 7.75. The molecule has 0 saturated heterocycles. The lowest BCUT2D eigenvalue weighted by atomic mass is 10.1. The van der Waals surface area contributed by atoms with Crippen LogP contribution in [-0.2, 0) is 6.42 Å². The first-order valence-corrected chi connectivity index (χ1v) is 7.83. The Labute approximate surface area is 120 Å². The minimum atomic E-state index is 0.634. The van der Waals surface area contributed by atoms with Crippen LogP contribution >= 0.6 is 11.8 Å². The number of methoxy groups -OCH3 is 2. The largest absolute Gasteiger partial charge is 0.495 e. The highest BCUT2D eigenvalue weighted by Gasteiger charge is 2.12. The third kappa shape index (κ3) is 4.96. The summed E-state index contributed by atoms with van der Waals surface area (Å²) in [5.41, 5.74) is 6.77.